The summed E-state index contributed by atoms with van der Waals surface area (Å²) in [6, 6.07) is 5.60. The van der Waals surface area contributed by atoms with Crippen molar-refractivity contribution in [1.29, 1.82) is 0 Å². The van der Waals surface area contributed by atoms with Gasteiger partial charge >= 0.3 is 12.0 Å². The molecule has 0 spiro atoms. The average Bonchev–Trinajstić information content (AvgIpc) is 2.52. The van der Waals surface area contributed by atoms with E-state index in [1.165, 1.54) is 19.2 Å². The van der Waals surface area contributed by atoms with Gasteiger partial charge in [0, 0.05) is 6.04 Å². The first-order valence-corrected chi connectivity index (χ1v) is 6.87. The van der Waals surface area contributed by atoms with E-state index in [0.29, 0.717) is 5.75 Å². The van der Waals surface area contributed by atoms with Crippen molar-refractivity contribution in [3.63, 3.8) is 0 Å². The van der Waals surface area contributed by atoms with Gasteiger partial charge in [0.2, 0.25) is 0 Å². The first-order valence-electron chi connectivity index (χ1n) is 6.87. The minimum absolute atomic E-state index is 0.0466. The van der Waals surface area contributed by atoms with Crippen LogP contribution in [0.1, 0.15) is 30.6 Å². The van der Waals surface area contributed by atoms with E-state index in [0.717, 1.165) is 6.42 Å². The molecule has 0 unspecified atom stereocenters. The highest BCUT2D eigenvalue weighted by molar-refractivity contribution is 5.97. The van der Waals surface area contributed by atoms with Gasteiger partial charge in [0.05, 0.1) is 12.7 Å². The smallest absolute Gasteiger partial charge is 0.338 e. The molecule has 1 aromatic rings. The third-order valence-corrected chi connectivity index (χ3v) is 2.90. The Morgan fingerprint density at radius 3 is 2.36 bits per heavy atom. The van der Waals surface area contributed by atoms with Crippen molar-refractivity contribution in [2.45, 2.75) is 26.3 Å². The van der Waals surface area contributed by atoms with Crippen LogP contribution in [0, 0.1) is 0 Å². The number of nitrogens with one attached hydrogen (secondary N) is 2. The van der Waals surface area contributed by atoms with Crippen molar-refractivity contribution in [1.82, 2.24) is 10.6 Å². The lowest BCUT2D eigenvalue weighted by Gasteiger charge is -2.11. The first kappa shape index (κ1) is 17.5. The molecule has 7 nitrogen and oxygen atoms in total. The lowest BCUT2D eigenvalue weighted by Crippen LogP contribution is -2.44. The molecular weight excluding hydrogens is 288 g/mol. The van der Waals surface area contributed by atoms with Gasteiger partial charge in [-0.3, -0.25) is 10.1 Å². The highest BCUT2D eigenvalue weighted by Gasteiger charge is 2.13. The van der Waals surface area contributed by atoms with E-state index in [9.17, 15) is 14.4 Å². The fourth-order valence-electron chi connectivity index (χ4n) is 1.47. The molecular formula is C15H20N2O5. The van der Waals surface area contributed by atoms with E-state index < -0.39 is 24.5 Å². The van der Waals surface area contributed by atoms with Gasteiger partial charge in [0.1, 0.15) is 5.75 Å². The number of ether oxygens (including phenoxy) is 2. The van der Waals surface area contributed by atoms with E-state index in [1.807, 2.05) is 13.8 Å². The highest BCUT2D eigenvalue weighted by atomic mass is 16.5. The highest BCUT2D eigenvalue weighted by Crippen LogP contribution is 2.11. The van der Waals surface area contributed by atoms with Crippen LogP contribution in [0.15, 0.2) is 24.3 Å². The molecule has 3 amide bonds. The summed E-state index contributed by atoms with van der Waals surface area (Å²) in [6.45, 7) is 3.19. The molecule has 0 fully saturated rings. The maximum absolute atomic E-state index is 11.7. The molecule has 0 heterocycles. The summed E-state index contributed by atoms with van der Waals surface area (Å²) in [5.41, 5.74) is 0.289. The summed E-state index contributed by atoms with van der Waals surface area (Å²) >= 11 is 0. The van der Waals surface area contributed by atoms with Crippen molar-refractivity contribution in [3.05, 3.63) is 29.8 Å². The van der Waals surface area contributed by atoms with E-state index in [2.05, 4.69) is 10.6 Å². The van der Waals surface area contributed by atoms with Crippen molar-refractivity contribution in [2.75, 3.05) is 13.7 Å². The Hall–Kier alpha value is -2.57. The normalized spacial score (nSPS) is 11.2. The Bertz CT molecular complexity index is 527. The van der Waals surface area contributed by atoms with Crippen LogP contribution in [-0.2, 0) is 9.53 Å². The predicted molar refractivity (Wildman–Crippen MR) is 79.7 cm³/mol. The van der Waals surface area contributed by atoms with Crippen molar-refractivity contribution in [2.24, 2.45) is 0 Å². The first-order chi connectivity index (χ1) is 10.5. The number of carbonyl (C=O) groups excluding carboxylic acids is 3. The number of benzene rings is 1. The monoisotopic (exact) mass is 308 g/mol. The van der Waals surface area contributed by atoms with Crippen LogP contribution in [0.25, 0.3) is 0 Å². The minimum Gasteiger partial charge on any atom is -0.497 e. The third kappa shape index (κ3) is 5.82. The standard InChI is InChI=1S/C15H20N2O5/c1-4-10(2)16-15(20)17-13(18)9-22-14(19)11-5-7-12(21-3)8-6-11/h5-8,10H,4,9H2,1-3H3,(H2,16,17,18,20)/t10-/m0/s1. The van der Waals surface area contributed by atoms with Crippen LogP contribution < -0.4 is 15.4 Å². The molecule has 22 heavy (non-hydrogen) atoms. The molecule has 0 aliphatic heterocycles. The summed E-state index contributed by atoms with van der Waals surface area (Å²) in [7, 11) is 1.52. The van der Waals surface area contributed by atoms with Crippen LogP contribution in [-0.4, -0.2) is 37.7 Å². The van der Waals surface area contributed by atoms with Gasteiger partial charge < -0.3 is 14.8 Å². The lowest BCUT2D eigenvalue weighted by molar-refractivity contribution is -0.123. The molecule has 7 heteroatoms. The molecule has 0 aromatic heterocycles. The van der Waals surface area contributed by atoms with E-state index >= 15 is 0 Å². The molecule has 1 aromatic carbocycles. The van der Waals surface area contributed by atoms with Gasteiger partial charge in [-0.25, -0.2) is 9.59 Å². The Kier molecular flexibility index (Phi) is 6.88. The van der Waals surface area contributed by atoms with Crippen LogP contribution in [0.5, 0.6) is 5.75 Å². The molecule has 0 saturated heterocycles. The molecule has 0 radical (unpaired) electrons. The second-order valence-corrected chi connectivity index (χ2v) is 4.64. The second-order valence-electron chi connectivity index (χ2n) is 4.64. The minimum atomic E-state index is -0.692. The van der Waals surface area contributed by atoms with Crippen molar-refractivity contribution < 1.29 is 23.9 Å². The Labute approximate surface area is 129 Å². The molecule has 0 aliphatic rings. The van der Waals surface area contributed by atoms with Crippen molar-refractivity contribution in [3.8, 4) is 5.75 Å². The van der Waals surface area contributed by atoms with Crippen LogP contribution >= 0.6 is 0 Å². The van der Waals surface area contributed by atoms with Gasteiger partial charge in [-0.1, -0.05) is 6.92 Å². The number of amides is 3. The maximum atomic E-state index is 11.7. The summed E-state index contributed by atoms with van der Waals surface area (Å²) < 4.78 is 9.79. The number of rotatable bonds is 6. The van der Waals surface area contributed by atoms with E-state index in [4.69, 9.17) is 9.47 Å². The molecule has 1 rings (SSSR count). The lowest BCUT2D eigenvalue weighted by atomic mass is 10.2. The third-order valence-electron chi connectivity index (χ3n) is 2.90. The Morgan fingerprint density at radius 1 is 1.18 bits per heavy atom. The second kappa shape index (κ2) is 8.66. The van der Waals surface area contributed by atoms with Crippen LogP contribution in [0.3, 0.4) is 0 Å². The quantitative estimate of drug-likeness (QED) is 0.776. The number of carbonyl (C=O) groups is 3. The van der Waals surface area contributed by atoms with Gasteiger partial charge in [0.25, 0.3) is 5.91 Å². The zero-order chi connectivity index (χ0) is 16.5. The zero-order valence-corrected chi connectivity index (χ0v) is 12.8. The molecule has 0 saturated carbocycles. The Morgan fingerprint density at radius 2 is 1.82 bits per heavy atom. The average molecular weight is 308 g/mol. The molecule has 0 bridgehead atoms. The summed E-state index contributed by atoms with van der Waals surface area (Å²) in [4.78, 5) is 34.6. The summed E-state index contributed by atoms with van der Waals surface area (Å²) in [6.07, 6.45) is 0.744. The number of esters is 1. The van der Waals surface area contributed by atoms with Crippen LogP contribution in [0.4, 0.5) is 4.79 Å². The van der Waals surface area contributed by atoms with E-state index in [1.54, 1.807) is 12.1 Å². The topological polar surface area (TPSA) is 93.7 Å². The number of urea groups is 1. The molecule has 120 valence electrons. The van der Waals surface area contributed by atoms with Crippen LogP contribution in [0.2, 0.25) is 0 Å². The number of imide groups is 1. The zero-order valence-electron chi connectivity index (χ0n) is 12.8. The molecule has 1 atom stereocenters. The molecule has 0 aliphatic carbocycles. The van der Waals surface area contributed by atoms with Gasteiger partial charge in [0.15, 0.2) is 6.61 Å². The number of hydrogen-bond acceptors (Lipinski definition) is 5. The van der Waals surface area contributed by atoms with E-state index in [-0.39, 0.29) is 11.6 Å². The summed E-state index contributed by atoms with van der Waals surface area (Å²) in [5, 5.41) is 4.65. The van der Waals surface area contributed by atoms with Gasteiger partial charge in [-0.2, -0.15) is 0 Å². The fourth-order valence-corrected chi connectivity index (χ4v) is 1.47. The number of hydrogen-bond donors (Lipinski definition) is 2. The SMILES string of the molecule is CC[C@H](C)NC(=O)NC(=O)COC(=O)c1ccc(OC)cc1. The molecule has 2 N–H and O–H groups in total. The number of methoxy groups -OCH3 is 1. The van der Waals surface area contributed by atoms with Gasteiger partial charge in [-0.15, -0.1) is 0 Å². The maximum Gasteiger partial charge on any atom is 0.338 e. The largest absolute Gasteiger partial charge is 0.497 e. The Balaban J connectivity index is 2.39. The summed E-state index contributed by atoms with van der Waals surface area (Å²) in [5.74, 6) is -0.737. The predicted octanol–water partition coefficient (Wildman–Crippen LogP) is 1.48. The fraction of sp³-hybridized carbons (Fsp3) is 0.400. The van der Waals surface area contributed by atoms with Crippen molar-refractivity contribution >= 4 is 17.9 Å². The van der Waals surface area contributed by atoms with Gasteiger partial charge in [-0.05, 0) is 37.6 Å².